The normalized spacial score (nSPS) is 23.0. The van der Waals surface area contributed by atoms with Gasteiger partial charge in [-0.1, -0.05) is 0 Å². The van der Waals surface area contributed by atoms with E-state index in [9.17, 15) is 18.0 Å². The summed E-state index contributed by atoms with van der Waals surface area (Å²) >= 11 is 1.32. The quantitative estimate of drug-likeness (QED) is 0.767. The first-order valence-corrected chi connectivity index (χ1v) is 9.95. The van der Waals surface area contributed by atoms with Gasteiger partial charge in [0.1, 0.15) is 11.9 Å². The number of anilines is 2. The van der Waals surface area contributed by atoms with Crippen LogP contribution in [-0.2, 0) is 17.8 Å². The minimum absolute atomic E-state index is 0.0160. The first-order chi connectivity index (χ1) is 13.3. The van der Waals surface area contributed by atoms with Crippen molar-refractivity contribution in [3.63, 3.8) is 0 Å². The van der Waals surface area contributed by atoms with Crippen molar-refractivity contribution >= 4 is 23.1 Å². The number of hydrogen-bond acceptors (Lipinski definition) is 7. The Kier molecular flexibility index (Phi) is 5.04. The summed E-state index contributed by atoms with van der Waals surface area (Å²) in [7, 11) is 0. The lowest BCUT2D eigenvalue weighted by molar-refractivity contribution is -0.153. The molecule has 2 unspecified atom stereocenters. The number of morpholine rings is 1. The topological polar surface area (TPSA) is 63.5 Å². The molecule has 1 saturated heterocycles. The van der Waals surface area contributed by atoms with Crippen LogP contribution in [-0.4, -0.2) is 52.6 Å². The first kappa shape index (κ1) is 19.2. The van der Waals surface area contributed by atoms with Crippen LogP contribution in [0.5, 0.6) is 0 Å². The Labute approximate surface area is 163 Å². The second-order valence-corrected chi connectivity index (χ2v) is 7.69. The standard InChI is InChI=1S/C17H20F3N5O2S/c1-11-8-27-5-4-23(11)14-6-15(26)24-3-2-13(17(18,19)20)25(16(24)22-14)7-12-9-28-10-21-12/h6,9-11,13H,2-5,7-8H2,1H3. The summed E-state index contributed by atoms with van der Waals surface area (Å²) in [5.41, 5.74) is 1.75. The number of aromatic nitrogens is 3. The van der Waals surface area contributed by atoms with E-state index in [2.05, 4.69) is 9.97 Å². The molecule has 0 amide bonds. The summed E-state index contributed by atoms with van der Waals surface area (Å²) in [5, 5.41) is 1.71. The largest absolute Gasteiger partial charge is 0.408 e. The molecule has 1 fully saturated rings. The lowest BCUT2D eigenvalue weighted by Gasteiger charge is -2.40. The van der Waals surface area contributed by atoms with E-state index in [4.69, 9.17) is 4.74 Å². The highest BCUT2D eigenvalue weighted by atomic mass is 32.1. The Hall–Kier alpha value is -2.14. The second-order valence-electron chi connectivity index (χ2n) is 6.98. The first-order valence-electron chi connectivity index (χ1n) is 9.01. The molecule has 0 aromatic carbocycles. The summed E-state index contributed by atoms with van der Waals surface area (Å²) < 4.78 is 47.9. The van der Waals surface area contributed by atoms with Gasteiger partial charge < -0.3 is 14.5 Å². The van der Waals surface area contributed by atoms with Crippen molar-refractivity contribution in [3.05, 3.63) is 33.0 Å². The van der Waals surface area contributed by atoms with E-state index in [1.165, 1.54) is 22.0 Å². The van der Waals surface area contributed by atoms with Gasteiger partial charge in [-0.15, -0.1) is 11.3 Å². The van der Waals surface area contributed by atoms with E-state index in [-0.39, 0.29) is 37.1 Å². The zero-order chi connectivity index (χ0) is 19.9. The van der Waals surface area contributed by atoms with Crippen LogP contribution in [0.2, 0.25) is 0 Å². The SMILES string of the molecule is CC1COCCN1c1cc(=O)n2c(n1)N(Cc1cscn1)C(C(F)(F)F)CC2. The van der Waals surface area contributed by atoms with Crippen LogP contribution in [0.1, 0.15) is 19.0 Å². The average molecular weight is 415 g/mol. The third-order valence-electron chi connectivity index (χ3n) is 5.09. The van der Waals surface area contributed by atoms with Gasteiger partial charge in [-0.25, -0.2) is 4.98 Å². The highest BCUT2D eigenvalue weighted by Gasteiger charge is 2.47. The third-order valence-corrected chi connectivity index (χ3v) is 5.72. The lowest BCUT2D eigenvalue weighted by Crippen LogP contribution is -2.52. The molecule has 0 radical (unpaired) electrons. The van der Waals surface area contributed by atoms with Crippen molar-refractivity contribution in [2.75, 3.05) is 29.6 Å². The molecule has 152 valence electrons. The number of thiazole rings is 1. The Morgan fingerprint density at radius 2 is 2.18 bits per heavy atom. The summed E-state index contributed by atoms with van der Waals surface area (Å²) in [6.45, 7) is 3.36. The molecule has 2 aliphatic heterocycles. The molecule has 4 heterocycles. The molecule has 28 heavy (non-hydrogen) atoms. The number of halogens is 3. The smallest absolute Gasteiger partial charge is 0.377 e. The van der Waals surface area contributed by atoms with Gasteiger partial charge in [0.05, 0.1) is 37.0 Å². The van der Waals surface area contributed by atoms with Crippen molar-refractivity contribution in [1.82, 2.24) is 14.5 Å². The van der Waals surface area contributed by atoms with Crippen LogP contribution < -0.4 is 15.4 Å². The van der Waals surface area contributed by atoms with Gasteiger partial charge in [-0.3, -0.25) is 9.36 Å². The van der Waals surface area contributed by atoms with Crippen LogP contribution in [0.4, 0.5) is 24.9 Å². The van der Waals surface area contributed by atoms with E-state index in [0.717, 1.165) is 4.90 Å². The minimum atomic E-state index is -4.43. The molecule has 2 aromatic heterocycles. The minimum Gasteiger partial charge on any atom is -0.377 e. The Morgan fingerprint density at radius 1 is 1.36 bits per heavy atom. The Morgan fingerprint density at radius 3 is 2.86 bits per heavy atom. The lowest BCUT2D eigenvalue weighted by atomic mass is 10.1. The second kappa shape index (κ2) is 7.36. The molecule has 0 aliphatic carbocycles. The number of hydrogen-bond donors (Lipinski definition) is 0. The van der Waals surface area contributed by atoms with Crippen molar-refractivity contribution in [3.8, 4) is 0 Å². The zero-order valence-electron chi connectivity index (χ0n) is 15.2. The van der Waals surface area contributed by atoms with Gasteiger partial charge in [-0.2, -0.15) is 18.2 Å². The number of fused-ring (bicyclic) bond motifs is 1. The van der Waals surface area contributed by atoms with E-state index < -0.39 is 12.2 Å². The molecular formula is C17H20F3N5O2S. The maximum absolute atomic E-state index is 13.7. The van der Waals surface area contributed by atoms with Crippen LogP contribution >= 0.6 is 11.3 Å². The fourth-order valence-electron chi connectivity index (χ4n) is 3.68. The molecule has 4 rings (SSSR count). The molecule has 0 N–H and O–H groups in total. The Balaban J connectivity index is 1.78. The number of rotatable bonds is 3. The molecular weight excluding hydrogens is 395 g/mol. The maximum Gasteiger partial charge on any atom is 0.408 e. The monoisotopic (exact) mass is 415 g/mol. The molecule has 2 atom stereocenters. The summed E-state index contributed by atoms with van der Waals surface area (Å²) in [6.07, 6.45) is -4.63. The van der Waals surface area contributed by atoms with Crippen LogP contribution in [0.3, 0.4) is 0 Å². The van der Waals surface area contributed by atoms with E-state index in [1.807, 2.05) is 11.8 Å². The van der Waals surface area contributed by atoms with E-state index in [0.29, 0.717) is 31.3 Å². The highest BCUT2D eigenvalue weighted by Crippen LogP contribution is 2.35. The number of nitrogens with zero attached hydrogens (tertiary/aromatic N) is 5. The zero-order valence-corrected chi connectivity index (χ0v) is 16.0. The number of alkyl halides is 3. The van der Waals surface area contributed by atoms with Gasteiger partial charge in [0, 0.05) is 24.5 Å². The van der Waals surface area contributed by atoms with Crippen molar-refractivity contribution in [2.45, 2.75) is 44.7 Å². The van der Waals surface area contributed by atoms with E-state index in [1.54, 1.807) is 10.9 Å². The summed E-state index contributed by atoms with van der Waals surface area (Å²) in [5.74, 6) is 0.431. The van der Waals surface area contributed by atoms with Crippen molar-refractivity contribution in [1.29, 1.82) is 0 Å². The predicted octanol–water partition coefficient (Wildman–Crippen LogP) is 2.27. The van der Waals surface area contributed by atoms with Gasteiger partial charge in [0.2, 0.25) is 5.95 Å². The molecule has 7 nitrogen and oxygen atoms in total. The van der Waals surface area contributed by atoms with Gasteiger partial charge in [0.25, 0.3) is 5.56 Å². The predicted molar refractivity (Wildman–Crippen MR) is 98.9 cm³/mol. The van der Waals surface area contributed by atoms with Gasteiger partial charge >= 0.3 is 6.18 Å². The maximum atomic E-state index is 13.7. The molecule has 2 aromatic rings. The van der Waals surface area contributed by atoms with E-state index >= 15 is 0 Å². The van der Waals surface area contributed by atoms with Gasteiger partial charge in [0.15, 0.2) is 0 Å². The summed E-state index contributed by atoms with van der Waals surface area (Å²) in [6, 6.07) is -0.323. The van der Waals surface area contributed by atoms with Gasteiger partial charge in [-0.05, 0) is 13.3 Å². The van der Waals surface area contributed by atoms with Crippen LogP contribution in [0.25, 0.3) is 0 Å². The number of ether oxygens (including phenoxy) is 1. The fourth-order valence-corrected chi connectivity index (χ4v) is 4.23. The van der Waals surface area contributed by atoms with Crippen LogP contribution in [0.15, 0.2) is 21.8 Å². The van der Waals surface area contributed by atoms with Crippen LogP contribution in [0, 0.1) is 0 Å². The molecule has 0 bridgehead atoms. The average Bonchev–Trinajstić information content (AvgIpc) is 3.14. The molecule has 11 heteroatoms. The molecule has 0 saturated carbocycles. The molecule has 2 aliphatic rings. The van der Waals surface area contributed by atoms with Crippen molar-refractivity contribution in [2.24, 2.45) is 0 Å². The highest BCUT2D eigenvalue weighted by molar-refractivity contribution is 7.07. The summed E-state index contributed by atoms with van der Waals surface area (Å²) in [4.78, 5) is 24.4. The molecule has 0 spiro atoms. The van der Waals surface area contributed by atoms with Crippen molar-refractivity contribution < 1.29 is 17.9 Å². The third kappa shape index (κ3) is 3.60. The Bertz CT molecular complexity index is 886. The fraction of sp³-hybridized carbons (Fsp3) is 0.588.